The quantitative estimate of drug-likeness (QED) is 0.814. The molecule has 0 bridgehead atoms. The van der Waals surface area contributed by atoms with Gasteiger partial charge in [0.05, 0.1) is 12.4 Å². The van der Waals surface area contributed by atoms with Crippen LogP contribution in [-0.4, -0.2) is 50.8 Å². The summed E-state index contributed by atoms with van der Waals surface area (Å²) in [5, 5.41) is 0. The van der Waals surface area contributed by atoms with Gasteiger partial charge in [-0.2, -0.15) is 0 Å². The van der Waals surface area contributed by atoms with Crippen molar-refractivity contribution in [2.75, 3.05) is 32.1 Å². The van der Waals surface area contributed by atoms with Crippen molar-refractivity contribution in [3.63, 3.8) is 0 Å². The number of nitrogens with two attached hydrogens (primary N) is 1. The van der Waals surface area contributed by atoms with E-state index in [0.717, 1.165) is 38.7 Å². The molecule has 106 valence electrons. The third-order valence-corrected chi connectivity index (χ3v) is 5.87. The van der Waals surface area contributed by atoms with Crippen molar-refractivity contribution in [3.05, 3.63) is 0 Å². The minimum Gasteiger partial charge on any atom is -0.381 e. The predicted octanol–water partition coefficient (Wildman–Crippen LogP) is 0.556. The highest BCUT2D eigenvalue weighted by Gasteiger charge is 2.30. The number of hydrogen-bond donors (Lipinski definition) is 1. The van der Waals surface area contributed by atoms with Crippen LogP contribution in [0.1, 0.15) is 32.1 Å². The Hall–Kier alpha value is -0.170. The molecule has 6 heteroatoms. The first-order valence-electron chi connectivity index (χ1n) is 6.91. The zero-order valence-electron chi connectivity index (χ0n) is 10.9. The first kappa shape index (κ1) is 14.2. The number of rotatable bonds is 4. The second-order valence-electron chi connectivity index (χ2n) is 5.38. The minimum atomic E-state index is -3.18. The molecular weight excluding hydrogens is 252 g/mol. The molecule has 0 aromatic carbocycles. The molecule has 2 heterocycles. The van der Waals surface area contributed by atoms with Crippen molar-refractivity contribution in [2.24, 2.45) is 11.7 Å². The molecule has 2 saturated heterocycles. The lowest BCUT2D eigenvalue weighted by atomic mass is 9.96. The van der Waals surface area contributed by atoms with Gasteiger partial charge in [-0.05, 0) is 31.6 Å². The second kappa shape index (κ2) is 6.32. The Morgan fingerprint density at radius 3 is 2.56 bits per heavy atom. The van der Waals surface area contributed by atoms with E-state index in [-0.39, 0.29) is 17.7 Å². The van der Waals surface area contributed by atoms with E-state index < -0.39 is 10.0 Å². The zero-order chi connectivity index (χ0) is 13.0. The Morgan fingerprint density at radius 2 is 1.94 bits per heavy atom. The van der Waals surface area contributed by atoms with Gasteiger partial charge in [0.25, 0.3) is 0 Å². The molecule has 2 aliphatic rings. The molecule has 5 nitrogen and oxygen atoms in total. The van der Waals surface area contributed by atoms with Gasteiger partial charge in [0, 0.05) is 25.7 Å². The molecule has 0 aromatic rings. The lowest BCUT2D eigenvalue weighted by Gasteiger charge is -2.31. The molecule has 0 spiro atoms. The zero-order valence-corrected chi connectivity index (χ0v) is 11.7. The fourth-order valence-corrected chi connectivity index (χ4v) is 4.51. The van der Waals surface area contributed by atoms with Gasteiger partial charge in [0.15, 0.2) is 0 Å². The number of ether oxygens (including phenoxy) is 1. The summed E-state index contributed by atoms with van der Waals surface area (Å²) in [6.07, 6.45) is 5.05. The van der Waals surface area contributed by atoms with E-state index in [1.54, 1.807) is 4.31 Å². The molecule has 2 unspecified atom stereocenters. The maximum absolute atomic E-state index is 12.2. The molecule has 2 fully saturated rings. The molecule has 0 aliphatic carbocycles. The van der Waals surface area contributed by atoms with Crippen molar-refractivity contribution >= 4 is 10.0 Å². The van der Waals surface area contributed by atoms with E-state index in [4.69, 9.17) is 10.5 Å². The average Bonchev–Trinajstić information content (AvgIpc) is 2.40. The standard InChI is InChI=1S/C12H24N2O3S/c13-12(11-5-4-8-17-9-11)10-18(15,16)14-6-2-1-3-7-14/h11-12H,1-10,13H2. The second-order valence-corrected chi connectivity index (χ2v) is 7.39. The van der Waals surface area contributed by atoms with E-state index in [2.05, 4.69) is 0 Å². The van der Waals surface area contributed by atoms with Crippen molar-refractivity contribution in [1.82, 2.24) is 4.31 Å². The van der Waals surface area contributed by atoms with Gasteiger partial charge in [-0.3, -0.25) is 0 Å². The summed E-state index contributed by atoms with van der Waals surface area (Å²) in [4.78, 5) is 0. The predicted molar refractivity (Wildman–Crippen MR) is 70.7 cm³/mol. The fourth-order valence-electron chi connectivity index (χ4n) is 2.73. The summed E-state index contributed by atoms with van der Waals surface area (Å²) in [5.41, 5.74) is 6.06. The van der Waals surface area contributed by atoms with Gasteiger partial charge in [0.2, 0.25) is 10.0 Å². The SMILES string of the molecule is NC(CS(=O)(=O)N1CCCCC1)C1CCCOC1. The molecule has 18 heavy (non-hydrogen) atoms. The first-order valence-corrected chi connectivity index (χ1v) is 8.51. The molecule has 2 N–H and O–H groups in total. The third kappa shape index (κ3) is 3.66. The number of sulfonamides is 1. The van der Waals surface area contributed by atoms with Crippen LogP contribution < -0.4 is 5.73 Å². The summed E-state index contributed by atoms with van der Waals surface area (Å²) >= 11 is 0. The normalized spacial score (nSPS) is 29.1. The summed E-state index contributed by atoms with van der Waals surface area (Å²) in [6.45, 7) is 2.71. The largest absolute Gasteiger partial charge is 0.381 e. The third-order valence-electron chi connectivity index (χ3n) is 3.91. The first-order chi connectivity index (χ1) is 8.59. The number of hydrogen-bond acceptors (Lipinski definition) is 4. The van der Waals surface area contributed by atoms with Crippen molar-refractivity contribution in [2.45, 2.75) is 38.1 Å². The topological polar surface area (TPSA) is 72.6 Å². The summed E-state index contributed by atoms with van der Waals surface area (Å²) < 4.78 is 31.5. The van der Waals surface area contributed by atoms with Crippen LogP contribution in [0.25, 0.3) is 0 Å². The summed E-state index contributed by atoms with van der Waals surface area (Å²) in [6, 6.07) is -0.294. The van der Waals surface area contributed by atoms with Crippen molar-refractivity contribution in [1.29, 1.82) is 0 Å². The van der Waals surface area contributed by atoms with Crippen LogP contribution in [0.4, 0.5) is 0 Å². The van der Waals surface area contributed by atoms with Gasteiger partial charge in [-0.1, -0.05) is 6.42 Å². The van der Waals surface area contributed by atoms with Gasteiger partial charge in [0.1, 0.15) is 0 Å². The summed E-state index contributed by atoms with van der Waals surface area (Å²) in [7, 11) is -3.18. The molecule has 0 aromatic heterocycles. The lowest BCUT2D eigenvalue weighted by molar-refractivity contribution is 0.0475. The van der Waals surface area contributed by atoms with Gasteiger partial charge in [-0.15, -0.1) is 0 Å². The average molecular weight is 276 g/mol. The van der Waals surface area contributed by atoms with Crippen molar-refractivity contribution < 1.29 is 13.2 Å². The van der Waals surface area contributed by atoms with Gasteiger partial charge >= 0.3 is 0 Å². The molecular formula is C12H24N2O3S. The minimum absolute atomic E-state index is 0.0705. The van der Waals surface area contributed by atoms with Crippen LogP contribution in [0.3, 0.4) is 0 Å². The Morgan fingerprint density at radius 1 is 1.22 bits per heavy atom. The fraction of sp³-hybridized carbons (Fsp3) is 1.00. The van der Waals surface area contributed by atoms with E-state index in [9.17, 15) is 8.42 Å². The maximum Gasteiger partial charge on any atom is 0.215 e. The van der Waals surface area contributed by atoms with Crippen LogP contribution in [0.5, 0.6) is 0 Å². The highest BCUT2D eigenvalue weighted by Crippen LogP contribution is 2.20. The Kier molecular flexibility index (Phi) is 5.00. The smallest absolute Gasteiger partial charge is 0.215 e. The Bertz CT molecular complexity index is 346. The molecule has 0 radical (unpaired) electrons. The monoisotopic (exact) mass is 276 g/mol. The molecule has 0 saturated carbocycles. The van der Waals surface area contributed by atoms with E-state index in [1.807, 2.05) is 0 Å². The highest BCUT2D eigenvalue weighted by molar-refractivity contribution is 7.89. The Labute approximate surface area is 110 Å². The van der Waals surface area contributed by atoms with Crippen LogP contribution in [0, 0.1) is 5.92 Å². The highest BCUT2D eigenvalue weighted by atomic mass is 32.2. The van der Waals surface area contributed by atoms with Crippen LogP contribution in [0.15, 0.2) is 0 Å². The van der Waals surface area contributed by atoms with E-state index >= 15 is 0 Å². The van der Waals surface area contributed by atoms with Crippen LogP contribution in [-0.2, 0) is 14.8 Å². The van der Waals surface area contributed by atoms with E-state index in [0.29, 0.717) is 19.7 Å². The number of nitrogens with zero attached hydrogens (tertiary/aromatic N) is 1. The van der Waals surface area contributed by atoms with Crippen molar-refractivity contribution in [3.8, 4) is 0 Å². The lowest BCUT2D eigenvalue weighted by Crippen LogP contribution is -2.46. The Balaban J connectivity index is 1.89. The van der Waals surface area contributed by atoms with E-state index in [1.165, 1.54) is 0 Å². The van der Waals surface area contributed by atoms with Gasteiger partial charge < -0.3 is 10.5 Å². The molecule has 2 atom stereocenters. The molecule has 2 rings (SSSR count). The van der Waals surface area contributed by atoms with Gasteiger partial charge in [-0.25, -0.2) is 12.7 Å². The summed E-state index contributed by atoms with van der Waals surface area (Å²) in [5.74, 6) is 0.263. The number of piperidine rings is 1. The molecule has 0 amide bonds. The molecule has 2 aliphatic heterocycles. The maximum atomic E-state index is 12.2. The van der Waals surface area contributed by atoms with Crippen LogP contribution in [0.2, 0.25) is 0 Å². The van der Waals surface area contributed by atoms with Crippen LogP contribution >= 0.6 is 0 Å².